The lowest BCUT2D eigenvalue weighted by atomic mass is 10.1. The van der Waals surface area contributed by atoms with Gasteiger partial charge in [0.1, 0.15) is 11.5 Å². The first-order valence-electron chi connectivity index (χ1n) is 8.88. The van der Waals surface area contributed by atoms with Crippen LogP contribution < -0.4 is 5.43 Å². The molecular weight excluding hydrogens is 356 g/mol. The van der Waals surface area contributed by atoms with Gasteiger partial charge in [-0.2, -0.15) is 5.10 Å². The molecule has 0 saturated carbocycles. The van der Waals surface area contributed by atoms with Gasteiger partial charge in [0.15, 0.2) is 0 Å². The molecule has 0 radical (unpaired) electrons. The maximum absolute atomic E-state index is 12.0. The zero-order valence-corrected chi connectivity index (χ0v) is 15.4. The molecule has 6 heteroatoms. The monoisotopic (exact) mass is 376 g/mol. The van der Waals surface area contributed by atoms with E-state index in [1.807, 2.05) is 24.3 Å². The molecule has 2 N–H and O–H groups in total. The number of aromatic carboxylic acids is 1. The van der Waals surface area contributed by atoms with Crippen LogP contribution >= 0.6 is 0 Å². The first kappa shape index (κ1) is 19.1. The Morgan fingerprint density at radius 1 is 1.00 bits per heavy atom. The summed E-state index contributed by atoms with van der Waals surface area (Å²) in [6.45, 7) is 2.08. The van der Waals surface area contributed by atoms with E-state index in [1.165, 1.54) is 23.9 Å². The minimum atomic E-state index is -0.976. The number of rotatable bonds is 7. The van der Waals surface area contributed by atoms with Crippen LogP contribution in [0.3, 0.4) is 0 Å². The van der Waals surface area contributed by atoms with E-state index in [9.17, 15) is 9.59 Å². The second-order valence-electron chi connectivity index (χ2n) is 6.22. The molecule has 0 atom stereocenters. The van der Waals surface area contributed by atoms with Gasteiger partial charge in [-0.05, 0) is 41.8 Å². The Morgan fingerprint density at radius 2 is 1.68 bits per heavy atom. The van der Waals surface area contributed by atoms with Gasteiger partial charge < -0.3 is 9.52 Å². The highest BCUT2D eigenvalue weighted by atomic mass is 16.4. The van der Waals surface area contributed by atoms with Crippen LogP contribution in [0.5, 0.6) is 0 Å². The molecule has 28 heavy (non-hydrogen) atoms. The van der Waals surface area contributed by atoms with Crippen molar-refractivity contribution in [1.82, 2.24) is 5.43 Å². The van der Waals surface area contributed by atoms with E-state index in [0.717, 1.165) is 17.5 Å². The van der Waals surface area contributed by atoms with Crippen LogP contribution in [0.25, 0.3) is 11.3 Å². The smallest absolute Gasteiger partial charge is 0.335 e. The third-order valence-corrected chi connectivity index (χ3v) is 4.22. The van der Waals surface area contributed by atoms with Crippen molar-refractivity contribution in [3.8, 4) is 11.3 Å². The highest BCUT2D eigenvalue weighted by Gasteiger charge is 2.07. The Hall–Kier alpha value is -3.67. The Bertz CT molecular complexity index is 986. The summed E-state index contributed by atoms with van der Waals surface area (Å²) in [6, 6.07) is 17.8. The van der Waals surface area contributed by atoms with Gasteiger partial charge in [-0.25, -0.2) is 10.2 Å². The summed E-state index contributed by atoms with van der Waals surface area (Å²) >= 11 is 0. The molecule has 3 aromatic rings. The topological polar surface area (TPSA) is 91.9 Å². The van der Waals surface area contributed by atoms with Crippen molar-refractivity contribution in [2.24, 2.45) is 5.10 Å². The number of nitrogens with one attached hydrogen (secondary N) is 1. The molecule has 0 spiro atoms. The molecule has 0 aliphatic heterocycles. The molecule has 0 aliphatic carbocycles. The molecule has 0 bridgehead atoms. The minimum Gasteiger partial charge on any atom is -0.478 e. The fourth-order valence-corrected chi connectivity index (χ4v) is 2.64. The number of carboxylic acids is 1. The second-order valence-corrected chi connectivity index (χ2v) is 6.22. The van der Waals surface area contributed by atoms with Crippen LogP contribution in [0.2, 0.25) is 0 Å². The number of carbonyl (C=O) groups is 2. The third-order valence-electron chi connectivity index (χ3n) is 4.22. The third kappa shape index (κ3) is 4.94. The predicted octanol–water partition coefficient (Wildman–Crippen LogP) is 3.90. The fourth-order valence-electron chi connectivity index (χ4n) is 2.64. The highest BCUT2D eigenvalue weighted by molar-refractivity contribution is 5.88. The normalized spacial score (nSPS) is 10.9. The van der Waals surface area contributed by atoms with Crippen molar-refractivity contribution >= 4 is 18.1 Å². The number of benzene rings is 2. The van der Waals surface area contributed by atoms with Gasteiger partial charge in [-0.3, -0.25) is 4.79 Å². The Labute approximate surface area is 162 Å². The van der Waals surface area contributed by atoms with E-state index in [0.29, 0.717) is 11.5 Å². The van der Waals surface area contributed by atoms with Gasteiger partial charge in [0.05, 0.1) is 18.2 Å². The van der Waals surface area contributed by atoms with Gasteiger partial charge in [0.25, 0.3) is 0 Å². The highest BCUT2D eigenvalue weighted by Crippen LogP contribution is 2.22. The molecule has 142 valence electrons. The lowest BCUT2D eigenvalue weighted by Crippen LogP contribution is -2.19. The summed E-state index contributed by atoms with van der Waals surface area (Å²) in [6.07, 6.45) is 2.64. The lowest BCUT2D eigenvalue weighted by Gasteiger charge is -2.02. The number of hydrogen-bond donors (Lipinski definition) is 2. The molecule has 0 aliphatic rings. The number of carbonyl (C=O) groups excluding carboxylic acids is 1. The molecule has 0 unspecified atom stereocenters. The van der Waals surface area contributed by atoms with Crippen LogP contribution in [-0.2, 0) is 17.6 Å². The van der Waals surface area contributed by atoms with Crippen LogP contribution in [0.4, 0.5) is 0 Å². The Morgan fingerprint density at radius 3 is 2.32 bits per heavy atom. The Balaban J connectivity index is 1.55. The zero-order chi connectivity index (χ0) is 19.9. The van der Waals surface area contributed by atoms with E-state index in [-0.39, 0.29) is 17.9 Å². The molecule has 3 rings (SSSR count). The summed E-state index contributed by atoms with van der Waals surface area (Å²) in [5.74, 6) is -0.127. The van der Waals surface area contributed by atoms with Crippen molar-refractivity contribution in [1.29, 1.82) is 0 Å². The summed E-state index contributed by atoms with van der Waals surface area (Å²) in [5, 5.41) is 12.9. The first-order chi connectivity index (χ1) is 13.5. The van der Waals surface area contributed by atoms with Gasteiger partial charge in [0, 0.05) is 5.56 Å². The summed E-state index contributed by atoms with van der Waals surface area (Å²) < 4.78 is 5.65. The number of carboxylic acid groups (broad SMARTS) is 1. The zero-order valence-electron chi connectivity index (χ0n) is 15.4. The fraction of sp³-hybridized carbons (Fsp3) is 0.136. The molecule has 0 saturated heterocycles. The van der Waals surface area contributed by atoms with Crippen molar-refractivity contribution in [3.05, 3.63) is 83.1 Å². The van der Waals surface area contributed by atoms with Crippen LogP contribution in [-0.4, -0.2) is 23.2 Å². The summed E-state index contributed by atoms with van der Waals surface area (Å²) in [7, 11) is 0. The molecule has 2 aromatic carbocycles. The number of amides is 1. The number of aryl methyl sites for hydroxylation is 1. The van der Waals surface area contributed by atoms with Crippen molar-refractivity contribution < 1.29 is 19.1 Å². The average molecular weight is 376 g/mol. The SMILES string of the molecule is CCc1ccc(CC(=O)N/N=C\c2ccc(-c3ccc(C(=O)O)cc3)o2)cc1. The molecule has 1 heterocycles. The van der Waals surface area contributed by atoms with E-state index in [4.69, 9.17) is 9.52 Å². The van der Waals surface area contributed by atoms with Crippen molar-refractivity contribution in [3.63, 3.8) is 0 Å². The predicted molar refractivity (Wildman–Crippen MR) is 106 cm³/mol. The summed E-state index contributed by atoms with van der Waals surface area (Å²) in [4.78, 5) is 22.9. The van der Waals surface area contributed by atoms with Crippen LogP contribution in [0.1, 0.15) is 34.2 Å². The number of furan rings is 1. The maximum atomic E-state index is 12.0. The van der Waals surface area contributed by atoms with Crippen LogP contribution in [0, 0.1) is 0 Å². The number of hydrogen-bond acceptors (Lipinski definition) is 4. The van der Waals surface area contributed by atoms with E-state index in [2.05, 4.69) is 17.5 Å². The largest absolute Gasteiger partial charge is 0.478 e. The summed E-state index contributed by atoms with van der Waals surface area (Å²) in [5.41, 5.74) is 5.60. The first-order valence-corrected chi connectivity index (χ1v) is 8.88. The van der Waals surface area contributed by atoms with E-state index < -0.39 is 5.97 Å². The standard InChI is InChI=1S/C22H20N2O4/c1-2-15-3-5-16(6-4-15)13-21(25)24-23-14-19-11-12-20(28-19)17-7-9-18(10-8-17)22(26)27/h3-12,14H,2,13H2,1H3,(H,24,25)(H,26,27)/b23-14-. The van der Waals surface area contributed by atoms with E-state index >= 15 is 0 Å². The van der Waals surface area contributed by atoms with Gasteiger partial charge in [-0.15, -0.1) is 0 Å². The molecule has 1 aromatic heterocycles. The second kappa shape index (κ2) is 8.81. The van der Waals surface area contributed by atoms with Crippen molar-refractivity contribution in [2.45, 2.75) is 19.8 Å². The minimum absolute atomic E-state index is 0.212. The average Bonchev–Trinajstić information content (AvgIpc) is 3.17. The molecular formula is C22H20N2O4. The lowest BCUT2D eigenvalue weighted by molar-refractivity contribution is -0.120. The Kier molecular flexibility index (Phi) is 6.01. The molecule has 6 nitrogen and oxygen atoms in total. The van der Waals surface area contributed by atoms with Gasteiger partial charge in [-0.1, -0.05) is 43.3 Å². The maximum Gasteiger partial charge on any atom is 0.335 e. The van der Waals surface area contributed by atoms with Gasteiger partial charge in [0.2, 0.25) is 5.91 Å². The van der Waals surface area contributed by atoms with E-state index in [1.54, 1.807) is 24.3 Å². The number of nitrogens with zero attached hydrogens (tertiary/aromatic N) is 1. The number of hydrazone groups is 1. The van der Waals surface area contributed by atoms with Crippen molar-refractivity contribution in [2.75, 3.05) is 0 Å². The molecule has 1 amide bonds. The molecule has 0 fully saturated rings. The quantitative estimate of drug-likeness (QED) is 0.483. The van der Waals surface area contributed by atoms with Crippen LogP contribution in [0.15, 0.2) is 70.2 Å². The van der Waals surface area contributed by atoms with Gasteiger partial charge >= 0.3 is 5.97 Å².